The van der Waals surface area contributed by atoms with E-state index >= 15 is 0 Å². The molecule has 110 valence electrons. The lowest BCUT2D eigenvalue weighted by molar-refractivity contribution is 0.0690. The van der Waals surface area contributed by atoms with Gasteiger partial charge in [0.2, 0.25) is 0 Å². The lowest BCUT2D eigenvalue weighted by Crippen LogP contribution is -2.34. The van der Waals surface area contributed by atoms with Gasteiger partial charge in [0.1, 0.15) is 5.69 Å². The van der Waals surface area contributed by atoms with Crippen LogP contribution in [0.1, 0.15) is 64.7 Å². The molecule has 0 radical (unpaired) electrons. The van der Waals surface area contributed by atoms with Gasteiger partial charge in [-0.3, -0.25) is 4.79 Å². The van der Waals surface area contributed by atoms with Gasteiger partial charge in [0, 0.05) is 12.2 Å². The van der Waals surface area contributed by atoms with Crippen LogP contribution in [0.15, 0.2) is 0 Å². The zero-order valence-electron chi connectivity index (χ0n) is 12.3. The fourth-order valence-electron chi connectivity index (χ4n) is 3.09. The molecule has 0 saturated heterocycles. The average Bonchev–Trinajstić information content (AvgIpc) is 2.92. The molecule has 0 spiro atoms. The van der Waals surface area contributed by atoms with Crippen molar-refractivity contribution in [3.05, 3.63) is 22.5 Å². The zero-order valence-corrected chi connectivity index (χ0v) is 12.3. The van der Waals surface area contributed by atoms with E-state index in [4.69, 9.17) is 5.11 Å². The Bertz CT molecular complexity index is 540. The SMILES string of the molecule is Cc1[nH]c(C(=O)O)c(C)c1C(=O)NCC1(C)CCCC1. The predicted molar refractivity (Wildman–Crippen MR) is 76.1 cm³/mol. The molecule has 1 fully saturated rings. The van der Waals surface area contributed by atoms with Crippen LogP contribution >= 0.6 is 0 Å². The van der Waals surface area contributed by atoms with Crippen molar-refractivity contribution in [3.8, 4) is 0 Å². The van der Waals surface area contributed by atoms with Crippen LogP contribution in [0, 0.1) is 19.3 Å². The molecule has 0 atom stereocenters. The van der Waals surface area contributed by atoms with Crippen LogP contribution in [0.4, 0.5) is 0 Å². The second-order valence-corrected chi connectivity index (χ2v) is 6.13. The summed E-state index contributed by atoms with van der Waals surface area (Å²) in [4.78, 5) is 26.1. The van der Waals surface area contributed by atoms with Gasteiger partial charge in [0.05, 0.1) is 5.56 Å². The molecule has 1 aliphatic rings. The number of aromatic carboxylic acids is 1. The number of carbonyl (C=O) groups is 2. The molecule has 0 bridgehead atoms. The normalized spacial score (nSPS) is 17.1. The first-order chi connectivity index (χ1) is 9.34. The van der Waals surface area contributed by atoms with E-state index < -0.39 is 5.97 Å². The third kappa shape index (κ3) is 2.71. The van der Waals surface area contributed by atoms with Crippen molar-refractivity contribution in [2.75, 3.05) is 6.54 Å². The van der Waals surface area contributed by atoms with E-state index in [1.165, 1.54) is 12.8 Å². The van der Waals surface area contributed by atoms with Gasteiger partial charge in [-0.2, -0.15) is 0 Å². The number of H-pyrrole nitrogens is 1. The Labute approximate surface area is 118 Å². The summed E-state index contributed by atoms with van der Waals surface area (Å²) < 4.78 is 0. The van der Waals surface area contributed by atoms with Crippen LogP contribution in [-0.4, -0.2) is 28.5 Å². The molecular weight excluding hydrogens is 256 g/mol. The molecule has 1 aromatic heterocycles. The zero-order chi connectivity index (χ0) is 14.9. The number of hydrogen-bond donors (Lipinski definition) is 3. The molecule has 20 heavy (non-hydrogen) atoms. The maximum absolute atomic E-state index is 12.3. The number of aromatic amines is 1. The number of hydrogen-bond acceptors (Lipinski definition) is 2. The lowest BCUT2D eigenvalue weighted by Gasteiger charge is -2.23. The fourth-order valence-corrected chi connectivity index (χ4v) is 3.09. The highest BCUT2D eigenvalue weighted by Crippen LogP contribution is 2.36. The summed E-state index contributed by atoms with van der Waals surface area (Å²) in [6.07, 6.45) is 4.72. The number of rotatable bonds is 4. The number of aromatic nitrogens is 1. The molecule has 1 aliphatic carbocycles. The number of carbonyl (C=O) groups excluding carboxylic acids is 1. The van der Waals surface area contributed by atoms with E-state index in [1.807, 2.05) is 0 Å². The van der Waals surface area contributed by atoms with Crippen LogP contribution < -0.4 is 5.32 Å². The monoisotopic (exact) mass is 278 g/mol. The Morgan fingerprint density at radius 1 is 1.30 bits per heavy atom. The molecule has 2 rings (SSSR count). The second-order valence-electron chi connectivity index (χ2n) is 6.13. The summed E-state index contributed by atoms with van der Waals surface area (Å²) in [6, 6.07) is 0. The van der Waals surface area contributed by atoms with Gasteiger partial charge in [0.25, 0.3) is 5.91 Å². The number of carboxylic acids is 1. The highest BCUT2D eigenvalue weighted by Gasteiger charge is 2.30. The van der Waals surface area contributed by atoms with Gasteiger partial charge in [-0.1, -0.05) is 19.8 Å². The summed E-state index contributed by atoms with van der Waals surface area (Å²) in [5, 5.41) is 12.0. The molecule has 0 aliphatic heterocycles. The molecular formula is C15H22N2O3. The van der Waals surface area contributed by atoms with E-state index in [-0.39, 0.29) is 17.0 Å². The average molecular weight is 278 g/mol. The summed E-state index contributed by atoms with van der Waals surface area (Å²) in [5.41, 5.74) is 1.85. The van der Waals surface area contributed by atoms with Gasteiger partial charge < -0.3 is 15.4 Å². The van der Waals surface area contributed by atoms with Crippen molar-refractivity contribution in [1.82, 2.24) is 10.3 Å². The van der Waals surface area contributed by atoms with E-state index in [0.717, 1.165) is 12.8 Å². The standard InChI is InChI=1S/C15H22N2O3/c1-9-11(10(2)17-12(9)14(19)20)13(18)16-8-15(3)6-4-5-7-15/h17H,4-8H2,1-3H3,(H,16,18)(H,19,20). The molecule has 5 heteroatoms. The summed E-state index contributed by atoms with van der Waals surface area (Å²) >= 11 is 0. The lowest BCUT2D eigenvalue weighted by atomic mass is 9.89. The van der Waals surface area contributed by atoms with Crippen molar-refractivity contribution < 1.29 is 14.7 Å². The maximum atomic E-state index is 12.3. The molecule has 5 nitrogen and oxygen atoms in total. The van der Waals surface area contributed by atoms with Crippen molar-refractivity contribution in [1.29, 1.82) is 0 Å². The van der Waals surface area contributed by atoms with Crippen molar-refractivity contribution in [2.45, 2.75) is 46.5 Å². The van der Waals surface area contributed by atoms with E-state index in [9.17, 15) is 9.59 Å². The minimum Gasteiger partial charge on any atom is -0.477 e. The molecule has 1 amide bonds. The van der Waals surface area contributed by atoms with Gasteiger partial charge in [-0.15, -0.1) is 0 Å². The first-order valence-corrected chi connectivity index (χ1v) is 7.05. The van der Waals surface area contributed by atoms with Gasteiger partial charge >= 0.3 is 5.97 Å². The van der Waals surface area contributed by atoms with Crippen LogP contribution in [0.3, 0.4) is 0 Å². The highest BCUT2D eigenvalue weighted by atomic mass is 16.4. The topological polar surface area (TPSA) is 82.2 Å². The molecule has 1 saturated carbocycles. The maximum Gasteiger partial charge on any atom is 0.352 e. The molecule has 1 heterocycles. The predicted octanol–water partition coefficient (Wildman–Crippen LogP) is 2.64. The Balaban J connectivity index is 2.11. The fraction of sp³-hybridized carbons (Fsp3) is 0.600. The highest BCUT2D eigenvalue weighted by molar-refractivity contribution is 6.00. The molecule has 1 aromatic rings. The Hall–Kier alpha value is -1.78. The van der Waals surface area contributed by atoms with Crippen LogP contribution in [0.25, 0.3) is 0 Å². The third-order valence-electron chi connectivity index (χ3n) is 4.36. The Morgan fingerprint density at radius 2 is 1.90 bits per heavy atom. The quantitative estimate of drug-likeness (QED) is 0.791. The summed E-state index contributed by atoms with van der Waals surface area (Å²) in [5.74, 6) is -1.22. The Kier molecular flexibility index (Phi) is 3.88. The minimum atomic E-state index is -1.03. The largest absolute Gasteiger partial charge is 0.477 e. The van der Waals surface area contributed by atoms with Crippen molar-refractivity contribution in [2.24, 2.45) is 5.41 Å². The number of nitrogens with one attached hydrogen (secondary N) is 2. The first kappa shape index (κ1) is 14.6. The van der Waals surface area contributed by atoms with Crippen LogP contribution in [-0.2, 0) is 0 Å². The van der Waals surface area contributed by atoms with E-state index in [0.29, 0.717) is 23.4 Å². The summed E-state index contributed by atoms with van der Waals surface area (Å²) in [7, 11) is 0. The minimum absolute atomic E-state index is 0.0970. The Morgan fingerprint density at radius 3 is 2.40 bits per heavy atom. The number of amides is 1. The van der Waals surface area contributed by atoms with Crippen LogP contribution in [0.2, 0.25) is 0 Å². The van der Waals surface area contributed by atoms with Gasteiger partial charge in [-0.05, 0) is 37.7 Å². The smallest absolute Gasteiger partial charge is 0.352 e. The second kappa shape index (κ2) is 5.31. The number of carboxylic acid groups (broad SMARTS) is 1. The molecule has 0 aromatic carbocycles. The van der Waals surface area contributed by atoms with Gasteiger partial charge in [-0.25, -0.2) is 4.79 Å². The first-order valence-electron chi connectivity index (χ1n) is 7.05. The molecule has 0 unspecified atom stereocenters. The van der Waals surface area contributed by atoms with Crippen molar-refractivity contribution >= 4 is 11.9 Å². The van der Waals surface area contributed by atoms with E-state index in [1.54, 1.807) is 13.8 Å². The third-order valence-corrected chi connectivity index (χ3v) is 4.36. The van der Waals surface area contributed by atoms with Gasteiger partial charge in [0.15, 0.2) is 0 Å². The summed E-state index contributed by atoms with van der Waals surface area (Å²) in [6.45, 7) is 6.24. The number of aryl methyl sites for hydroxylation is 1. The van der Waals surface area contributed by atoms with Crippen molar-refractivity contribution in [3.63, 3.8) is 0 Å². The van der Waals surface area contributed by atoms with Crippen LogP contribution in [0.5, 0.6) is 0 Å². The molecule has 3 N–H and O–H groups in total. The van der Waals surface area contributed by atoms with E-state index in [2.05, 4.69) is 17.2 Å².